The summed E-state index contributed by atoms with van der Waals surface area (Å²) in [6.07, 6.45) is 1.91. The van der Waals surface area contributed by atoms with Gasteiger partial charge < -0.3 is 29.0 Å². The Bertz CT molecular complexity index is 1270. The number of aliphatic hydroxyl groups is 1. The molecule has 0 saturated carbocycles. The van der Waals surface area contributed by atoms with Gasteiger partial charge in [-0.3, -0.25) is 14.5 Å². The number of ether oxygens (including phenoxy) is 4. The summed E-state index contributed by atoms with van der Waals surface area (Å²) in [6.45, 7) is 12.1. The van der Waals surface area contributed by atoms with Gasteiger partial charge in [0.2, 0.25) is 0 Å². The van der Waals surface area contributed by atoms with Crippen LogP contribution in [0, 0.1) is 6.92 Å². The number of amides is 1. The average Bonchev–Trinajstić information content (AvgIpc) is 3.22. The predicted molar refractivity (Wildman–Crippen MR) is 157 cm³/mol. The molecule has 1 atom stereocenters. The van der Waals surface area contributed by atoms with Gasteiger partial charge >= 0.3 is 0 Å². The molecular weight excluding hydrogens is 524 g/mol. The van der Waals surface area contributed by atoms with Gasteiger partial charge in [0.1, 0.15) is 11.5 Å². The molecule has 1 unspecified atom stereocenters. The molecule has 222 valence electrons. The largest absolute Gasteiger partial charge is 0.507 e. The molecule has 2 heterocycles. The first kappa shape index (κ1) is 30.4. The van der Waals surface area contributed by atoms with Crippen molar-refractivity contribution >= 4 is 17.4 Å². The Morgan fingerprint density at radius 1 is 1.05 bits per heavy atom. The second kappa shape index (κ2) is 13.9. The fourth-order valence-electron chi connectivity index (χ4n) is 5.17. The lowest BCUT2D eigenvalue weighted by atomic mass is 9.94. The topological polar surface area (TPSA) is 97.8 Å². The zero-order valence-corrected chi connectivity index (χ0v) is 24.8. The van der Waals surface area contributed by atoms with Crippen LogP contribution in [0.5, 0.6) is 17.2 Å². The molecule has 0 bridgehead atoms. The number of aryl methyl sites for hydroxylation is 1. The maximum atomic E-state index is 13.5. The number of methoxy groups -OCH3 is 1. The van der Waals surface area contributed by atoms with E-state index < -0.39 is 17.7 Å². The van der Waals surface area contributed by atoms with Crippen molar-refractivity contribution in [3.8, 4) is 17.2 Å². The molecule has 2 aliphatic heterocycles. The highest BCUT2D eigenvalue weighted by Crippen LogP contribution is 2.42. The van der Waals surface area contributed by atoms with E-state index in [2.05, 4.69) is 11.8 Å². The number of Topliss-reactive ketones (excluding diaryl/α,β-unsaturated/α-hetero) is 1. The van der Waals surface area contributed by atoms with E-state index in [0.29, 0.717) is 61.3 Å². The Morgan fingerprint density at radius 3 is 2.44 bits per heavy atom. The average molecular weight is 567 g/mol. The van der Waals surface area contributed by atoms with Gasteiger partial charge in [0.15, 0.2) is 11.5 Å². The van der Waals surface area contributed by atoms with Gasteiger partial charge in [-0.05, 0) is 68.7 Å². The summed E-state index contributed by atoms with van der Waals surface area (Å²) >= 11 is 0. The van der Waals surface area contributed by atoms with Crippen LogP contribution in [0.4, 0.5) is 0 Å². The summed E-state index contributed by atoms with van der Waals surface area (Å²) in [5.74, 6) is 0.223. The molecular formula is C32H42N2O7. The molecule has 2 aromatic rings. The fourth-order valence-corrected chi connectivity index (χ4v) is 5.17. The normalized spacial score (nSPS) is 19.2. The van der Waals surface area contributed by atoms with Crippen LogP contribution in [-0.4, -0.2) is 85.8 Å². The Balaban J connectivity index is 1.75. The summed E-state index contributed by atoms with van der Waals surface area (Å²) in [5.41, 5.74) is 1.97. The van der Waals surface area contributed by atoms with Crippen LogP contribution in [0.3, 0.4) is 0 Å². The third kappa shape index (κ3) is 7.02. The Morgan fingerprint density at radius 2 is 1.78 bits per heavy atom. The Hall–Kier alpha value is -3.56. The number of rotatable bonds is 12. The zero-order chi connectivity index (χ0) is 29.5. The predicted octanol–water partition coefficient (Wildman–Crippen LogP) is 4.72. The van der Waals surface area contributed by atoms with Crippen LogP contribution in [0.2, 0.25) is 0 Å². The van der Waals surface area contributed by atoms with Crippen LogP contribution in [-0.2, 0) is 14.3 Å². The number of aliphatic hydroxyl groups excluding tert-OH is 1. The van der Waals surface area contributed by atoms with Crippen molar-refractivity contribution in [3.05, 3.63) is 58.7 Å². The van der Waals surface area contributed by atoms with Crippen LogP contribution >= 0.6 is 0 Å². The van der Waals surface area contributed by atoms with Crippen LogP contribution in [0.15, 0.2) is 42.0 Å². The maximum Gasteiger partial charge on any atom is 0.295 e. The maximum absolute atomic E-state index is 13.5. The van der Waals surface area contributed by atoms with Crippen LogP contribution < -0.4 is 14.2 Å². The van der Waals surface area contributed by atoms with Gasteiger partial charge in [0.05, 0.1) is 44.6 Å². The van der Waals surface area contributed by atoms with Crippen LogP contribution in [0.25, 0.3) is 5.76 Å². The van der Waals surface area contributed by atoms with Gasteiger partial charge in [-0.15, -0.1) is 0 Å². The van der Waals surface area contributed by atoms with Gasteiger partial charge in [0.25, 0.3) is 11.7 Å². The van der Waals surface area contributed by atoms with Crippen molar-refractivity contribution in [2.45, 2.75) is 52.7 Å². The molecule has 2 saturated heterocycles. The zero-order valence-electron chi connectivity index (χ0n) is 24.8. The third-order valence-corrected chi connectivity index (χ3v) is 7.37. The van der Waals surface area contributed by atoms with Crippen molar-refractivity contribution in [1.29, 1.82) is 0 Å². The van der Waals surface area contributed by atoms with Gasteiger partial charge in [-0.25, -0.2) is 0 Å². The minimum Gasteiger partial charge on any atom is -0.507 e. The number of hydrogen-bond acceptors (Lipinski definition) is 8. The highest BCUT2D eigenvalue weighted by atomic mass is 16.5. The van der Waals surface area contributed by atoms with E-state index in [0.717, 1.165) is 31.5 Å². The number of carbonyl (C=O) groups is 2. The number of nitrogens with zero attached hydrogens (tertiary/aromatic N) is 2. The van der Waals surface area contributed by atoms with Crippen molar-refractivity contribution in [1.82, 2.24) is 9.80 Å². The molecule has 0 spiro atoms. The second-order valence-corrected chi connectivity index (χ2v) is 10.7. The molecule has 0 radical (unpaired) electrons. The molecule has 9 heteroatoms. The van der Waals surface area contributed by atoms with Gasteiger partial charge in [-0.1, -0.05) is 19.4 Å². The molecule has 2 aliphatic rings. The summed E-state index contributed by atoms with van der Waals surface area (Å²) in [7, 11) is 1.56. The SMILES string of the molecule is CCCCOc1ccc(C2C(=C(O)c3ccc(OC(C)C)c(C)c3)C(=O)C(=O)N2CCN2CCOCC2)cc1OC. The van der Waals surface area contributed by atoms with Crippen molar-refractivity contribution in [2.24, 2.45) is 0 Å². The van der Waals surface area contributed by atoms with Gasteiger partial charge in [0, 0.05) is 31.7 Å². The number of hydrogen-bond donors (Lipinski definition) is 1. The molecule has 41 heavy (non-hydrogen) atoms. The minimum atomic E-state index is -0.790. The van der Waals surface area contributed by atoms with E-state index in [1.165, 1.54) is 0 Å². The monoisotopic (exact) mass is 566 g/mol. The lowest BCUT2D eigenvalue weighted by molar-refractivity contribution is -0.140. The molecule has 4 rings (SSSR count). The minimum absolute atomic E-state index is 0.00570. The number of carbonyl (C=O) groups excluding carboxylic acids is 2. The first-order chi connectivity index (χ1) is 19.7. The number of morpholine rings is 1. The quantitative estimate of drug-likeness (QED) is 0.171. The first-order valence-electron chi connectivity index (χ1n) is 14.4. The summed E-state index contributed by atoms with van der Waals surface area (Å²) in [4.78, 5) is 30.8. The summed E-state index contributed by atoms with van der Waals surface area (Å²) < 4.78 is 22.8. The Kier molecular flexibility index (Phi) is 10.3. The lowest BCUT2D eigenvalue weighted by Gasteiger charge is -2.31. The lowest BCUT2D eigenvalue weighted by Crippen LogP contribution is -2.42. The second-order valence-electron chi connectivity index (χ2n) is 10.7. The fraction of sp³-hybridized carbons (Fsp3) is 0.500. The molecule has 2 aromatic carbocycles. The molecule has 0 aliphatic carbocycles. The van der Waals surface area contributed by atoms with E-state index >= 15 is 0 Å². The van der Waals surface area contributed by atoms with Gasteiger partial charge in [-0.2, -0.15) is 0 Å². The van der Waals surface area contributed by atoms with Crippen molar-refractivity contribution in [3.63, 3.8) is 0 Å². The van der Waals surface area contributed by atoms with E-state index in [-0.39, 0.29) is 17.4 Å². The Labute approximate surface area is 242 Å². The van der Waals surface area contributed by atoms with Crippen molar-refractivity contribution < 1.29 is 33.6 Å². The van der Waals surface area contributed by atoms with Crippen LogP contribution in [0.1, 0.15) is 56.3 Å². The number of likely N-dealkylation sites (tertiary alicyclic amines) is 1. The smallest absolute Gasteiger partial charge is 0.295 e. The molecule has 9 nitrogen and oxygen atoms in total. The third-order valence-electron chi connectivity index (χ3n) is 7.37. The number of benzene rings is 2. The highest BCUT2D eigenvalue weighted by molar-refractivity contribution is 6.46. The molecule has 1 N–H and O–H groups in total. The molecule has 1 amide bonds. The van der Waals surface area contributed by atoms with E-state index in [1.807, 2.05) is 26.8 Å². The van der Waals surface area contributed by atoms with E-state index in [4.69, 9.17) is 18.9 Å². The highest BCUT2D eigenvalue weighted by Gasteiger charge is 2.46. The summed E-state index contributed by atoms with van der Waals surface area (Å²) in [5, 5.41) is 11.6. The number of unbranched alkanes of at least 4 members (excludes halogenated alkanes) is 1. The first-order valence-corrected chi connectivity index (χ1v) is 14.4. The summed E-state index contributed by atoms with van der Waals surface area (Å²) in [6, 6.07) is 9.90. The standard InChI is InChI=1S/C32H42N2O7/c1-6-7-16-40-26-11-8-23(20-27(26)38-5)29-28(30(35)24-9-10-25(22(4)19-24)41-21(2)3)31(36)32(37)34(29)13-12-33-14-17-39-18-15-33/h8-11,19-21,29,35H,6-7,12-18H2,1-5H3. The van der Waals surface area contributed by atoms with Crippen molar-refractivity contribution in [2.75, 3.05) is 53.1 Å². The van der Waals surface area contributed by atoms with E-state index in [9.17, 15) is 14.7 Å². The van der Waals surface area contributed by atoms with E-state index in [1.54, 1.807) is 42.3 Å². The number of ketones is 1. The molecule has 0 aromatic heterocycles. The molecule has 2 fully saturated rings.